The average Bonchev–Trinajstić information content (AvgIpc) is 2.67. The van der Waals surface area contributed by atoms with Crippen molar-refractivity contribution >= 4 is 30.0 Å². The molecule has 1 aromatic rings. The number of aromatic hydroxyl groups is 1. The second-order valence-electron chi connectivity index (χ2n) is 9.21. The zero-order valence-electron chi connectivity index (χ0n) is 19.8. The Morgan fingerprint density at radius 2 is 1.94 bits per heavy atom. The van der Waals surface area contributed by atoms with Gasteiger partial charge in [0.25, 0.3) is 0 Å². The van der Waals surface area contributed by atoms with E-state index >= 15 is 0 Å². The van der Waals surface area contributed by atoms with Crippen LogP contribution in [0.3, 0.4) is 0 Å². The highest BCUT2D eigenvalue weighted by Gasteiger charge is 2.35. The Labute approximate surface area is 197 Å². The monoisotopic (exact) mass is 464 g/mol. The summed E-state index contributed by atoms with van der Waals surface area (Å²) in [5.74, 6) is 0.661. The van der Waals surface area contributed by atoms with E-state index in [0.29, 0.717) is 18.8 Å². The molecule has 0 aromatic heterocycles. The topological polar surface area (TPSA) is 88.0 Å². The van der Waals surface area contributed by atoms with Gasteiger partial charge in [0.15, 0.2) is 5.78 Å². The number of benzene rings is 1. The highest BCUT2D eigenvalue weighted by Crippen LogP contribution is 2.21. The second-order valence-corrected chi connectivity index (χ2v) is 9.21. The van der Waals surface area contributed by atoms with Crippen LogP contribution in [0.4, 0.5) is 4.79 Å². The molecule has 1 aromatic carbocycles. The molecule has 2 rings (SSSR count). The van der Waals surface area contributed by atoms with E-state index in [1.165, 1.54) is 0 Å². The summed E-state index contributed by atoms with van der Waals surface area (Å²) in [7, 11) is 0. The predicted octanol–water partition coefficient (Wildman–Crippen LogP) is 5.42. The third-order valence-electron chi connectivity index (χ3n) is 5.46. The van der Waals surface area contributed by atoms with Gasteiger partial charge in [-0.1, -0.05) is 32.4 Å². The Bertz CT molecular complexity index is 833. The van der Waals surface area contributed by atoms with Crippen LogP contribution in [0.25, 0.3) is 0 Å². The number of ketones is 1. The number of ether oxygens (including phenoxy) is 1. The van der Waals surface area contributed by atoms with Gasteiger partial charge in [-0.2, -0.15) is 0 Å². The highest BCUT2D eigenvalue weighted by molar-refractivity contribution is 5.94. The number of rotatable bonds is 10. The molecule has 1 unspecified atom stereocenters. The van der Waals surface area contributed by atoms with Crippen LogP contribution in [0.1, 0.15) is 65.9 Å². The molecule has 1 amide bonds. The van der Waals surface area contributed by atoms with E-state index in [9.17, 15) is 14.7 Å². The fourth-order valence-electron chi connectivity index (χ4n) is 3.87. The Morgan fingerprint density at radius 1 is 1.28 bits per heavy atom. The van der Waals surface area contributed by atoms with Crippen LogP contribution in [0, 0.1) is 5.92 Å². The number of carbonyl (C=O) groups is 2. The largest absolute Gasteiger partial charge is 0.508 e. The van der Waals surface area contributed by atoms with Crippen molar-refractivity contribution in [3.8, 4) is 5.75 Å². The van der Waals surface area contributed by atoms with Crippen molar-refractivity contribution in [2.75, 3.05) is 6.61 Å². The lowest BCUT2D eigenvalue weighted by Crippen LogP contribution is -2.54. The van der Waals surface area contributed by atoms with E-state index in [0.717, 1.165) is 36.1 Å². The second kappa shape index (κ2) is 12.6. The Kier molecular flexibility index (Phi) is 10.9. The quantitative estimate of drug-likeness (QED) is 0.484. The van der Waals surface area contributed by atoms with Gasteiger partial charge in [0, 0.05) is 18.6 Å². The van der Waals surface area contributed by atoms with Crippen LogP contribution in [-0.4, -0.2) is 40.9 Å². The zero-order valence-corrected chi connectivity index (χ0v) is 20.6. The van der Waals surface area contributed by atoms with Crippen LogP contribution in [0.2, 0.25) is 0 Å². The first-order valence-electron chi connectivity index (χ1n) is 11.1. The summed E-state index contributed by atoms with van der Waals surface area (Å²) >= 11 is 0. The minimum Gasteiger partial charge on any atom is -0.508 e. The number of phenols is 1. The molecule has 7 heteroatoms. The van der Waals surface area contributed by atoms with Gasteiger partial charge in [-0.25, -0.2) is 4.79 Å². The molecule has 2 N–H and O–H groups in total. The SMILES string of the molecule is CC1=NC(C)CC(COC(=O)N[C@@](C)(Cc2ccc(O)cc2)C(=O)CCCC(C)C)=C1.Cl. The van der Waals surface area contributed by atoms with E-state index in [1.807, 2.05) is 19.9 Å². The van der Waals surface area contributed by atoms with Crippen molar-refractivity contribution in [2.24, 2.45) is 10.9 Å². The molecule has 0 spiro atoms. The molecule has 1 aliphatic rings. The number of nitrogens with one attached hydrogen (secondary N) is 1. The van der Waals surface area contributed by atoms with E-state index < -0.39 is 11.6 Å². The Balaban J connectivity index is 0.00000512. The fraction of sp³-hybridized carbons (Fsp3) is 0.560. The first-order chi connectivity index (χ1) is 14.6. The number of carbonyl (C=O) groups excluding carboxylic acids is 2. The molecule has 32 heavy (non-hydrogen) atoms. The number of nitrogens with zero attached hydrogens (tertiary/aromatic N) is 1. The van der Waals surface area contributed by atoms with Gasteiger partial charge in [0.2, 0.25) is 0 Å². The van der Waals surface area contributed by atoms with E-state index in [4.69, 9.17) is 4.74 Å². The van der Waals surface area contributed by atoms with E-state index in [-0.39, 0.29) is 36.6 Å². The van der Waals surface area contributed by atoms with Gasteiger partial charge in [0.1, 0.15) is 17.9 Å². The molecule has 6 nitrogen and oxygen atoms in total. The summed E-state index contributed by atoms with van der Waals surface area (Å²) in [4.78, 5) is 30.2. The molecular weight excluding hydrogens is 428 g/mol. The lowest BCUT2D eigenvalue weighted by molar-refractivity contribution is -0.124. The van der Waals surface area contributed by atoms with Crippen molar-refractivity contribution in [1.82, 2.24) is 5.32 Å². The first-order valence-corrected chi connectivity index (χ1v) is 11.1. The van der Waals surface area contributed by atoms with Crippen LogP contribution in [-0.2, 0) is 16.0 Å². The normalized spacial score (nSPS) is 17.5. The number of amides is 1. The van der Waals surface area contributed by atoms with Crippen molar-refractivity contribution in [2.45, 2.75) is 78.3 Å². The van der Waals surface area contributed by atoms with Gasteiger partial charge in [-0.05, 0) is 68.9 Å². The van der Waals surface area contributed by atoms with Crippen LogP contribution < -0.4 is 5.32 Å². The number of allylic oxidation sites excluding steroid dienone is 1. The number of hydrogen-bond acceptors (Lipinski definition) is 5. The standard InChI is InChI=1S/C25H36N2O4.ClH/c1-17(2)7-6-8-23(29)25(5,15-20-9-11-22(28)12-10-20)27-24(30)31-16-21-13-18(3)26-19(4)14-21;/h9-13,17,19,28H,6-8,14-16H2,1-5H3,(H,27,30);1H/t19?,25-;/m0./s1. The minimum atomic E-state index is -1.09. The number of Topliss-reactive ketones (excluding diaryl/α,β-unsaturated/α-hetero) is 1. The van der Waals surface area contributed by atoms with Gasteiger partial charge in [0.05, 0.1) is 6.04 Å². The van der Waals surface area contributed by atoms with Crippen molar-refractivity contribution < 1.29 is 19.4 Å². The summed E-state index contributed by atoms with van der Waals surface area (Å²) in [6, 6.07) is 6.86. The number of phenolic OH excluding ortho intramolecular Hbond substituents is 1. The maximum atomic E-state index is 13.1. The lowest BCUT2D eigenvalue weighted by Gasteiger charge is -2.30. The van der Waals surface area contributed by atoms with Crippen LogP contribution in [0.15, 0.2) is 40.9 Å². The Hall–Kier alpha value is -2.34. The molecule has 1 aliphatic heterocycles. The minimum absolute atomic E-state index is 0. The summed E-state index contributed by atoms with van der Waals surface area (Å²) in [5, 5.41) is 12.4. The van der Waals surface area contributed by atoms with E-state index in [1.54, 1.807) is 31.2 Å². The molecule has 2 atom stereocenters. The Morgan fingerprint density at radius 3 is 2.53 bits per heavy atom. The smallest absolute Gasteiger partial charge is 0.408 e. The molecule has 0 aliphatic carbocycles. The molecule has 1 heterocycles. The summed E-state index contributed by atoms with van der Waals surface area (Å²) in [5.41, 5.74) is 1.71. The highest BCUT2D eigenvalue weighted by atomic mass is 35.5. The molecule has 0 bridgehead atoms. The molecule has 0 saturated carbocycles. The average molecular weight is 465 g/mol. The summed E-state index contributed by atoms with van der Waals surface area (Å²) in [6.45, 7) is 10.1. The van der Waals surface area contributed by atoms with Crippen LogP contribution in [0.5, 0.6) is 5.75 Å². The summed E-state index contributed by atoms with van der Waals surface area (Å²) < 4.78 is 5.46. The van der Waals surface area contributed by atoms with Gasteiger partial charge < -0.3 is 15.2 Å². The molecule has 0 saturated heterocycles. The fourth-order valence-corrected chi connectivity index (χ4v) is 3.87. The van der Waals surface area contributed by atoms with Gasteiger partial charge in [-0.3, -0.25) is 9.79 Å². The molecule has 0 radical (unpaired) electrons. The van der Waals surface area contributed by atoms with Crippen molar-refractivity contribution in [3.63, 3.8) is 0 Å². The van der Waals surface area contributed by atoms with Crippen molar-refractivity contribution in [1.29, 1.82) is 0 Å². The van der Waals surface area contributed by atoms with E-state index in [2.05, 4.69) is 24.2 Å². The van der Waals surface area contributed by atoms with Gasteiger partial charge >= 0.3 is 6.09 Å². The van der Waals surface area contributed by atoms with Crippen LogP contribution >= 0.6 is 12.4 Å². The predicted molar refractivity (Wildman–Crippen MR) is 131 cm³/mol. The lowest BCUT2D eigenvalue weighted by atomic mass is 9.85. The molecule has 178 valence electrons. The third kappa shape index (κ3) is 9.03. The maximum absolute atomic E-state index is 13.1. The zero-order chi connectivity index (χ0) is 23.0. The van der Waals surface area contributed by atoms with Crippen molar-refractivity contribution in [3.05, 3.63) is 41.5 Å². The molecule has 0 fully saturated rings. The number of halogens is 1. The first kappa shape index (κ1) is 27.7. The van der Waals surface area contributed by atoms with Gasteiger partial charge in [-0.15, -0.1) is 12.4 Å². The number of aliphatic imine (C=N–C) groups is 1. The third-order valence-corrected chi connectivity index (χ3v) is 5.46. The number of dihydropyridines is 1. The maximum Gasteiger partial charge on any atom is 0.408 e. The number of alkyl carbamates (subject to hydrolysis) is 1. The summed E-state index contributed by atoms with van der Waals surface area (Å²) in [6.07, 6.45) is 4.55. The molecular formula is C25H37ClN2O4. The number of hydrogen-bond donors (Lipinski definition) is 2.